The van der Waals surface area contributed by atoms with Gasteiger partial charge < -0.3 is 5.11 Å². The van der Waals surface area contributed by atoms with Crippen LogP contribution in [0, 0.1) is 56.2 Å². The summed E-state index contributed by atoms with van der Waals surface area (Å²) < 4.78 is 0. The molecule has 0 spiro atoms. The summed E-state index contributed by atoms with van der Waals surface area (Å²) >= 11 is 0. The van der Waals surface area contributed by atoms with Gasteiger partial charge in [0.15, 0.2) is 0 Å². The smallest absolute Gasteiger partial charge is 0.309 e. The van der Waals surface area contributed by atoms with Crippen molar-refractivity contribution in [2.24, 2.45) is 56.2 Å². The fraction of sp³-hybridized carbons (Fsp3) is 0.933. The molecule has 0 radical (unpaired) electrons. The minimum absolute atomic E-state index is 0.114. The van der Waals surface area contributed by atoms with Gasteiger partial charge in [-0.1, -0.05) is 48.5 Å². The van der Waals surface area contributed by atoms with Crippen molar-refractivity contribution in [2.75, 3.05) is 0 Å². The standard InChI is InChI=1S/C30H48O3/c1-25(2)16-17-30(24(32)33)15-10-21-28(6)12-8-19-26(3,4)23(31)11-14-27(19,5)20(28)9-13-29(21,7)22(30)18-25/h19-22H,8-18H2,1-7H3,(H,32,33). The van der Waals surface area contributed by atoms with Gasteiger partial charge in [-0.05, 0) is 110 Å². The highest BCUT2D eigenvalue weighted by Crippen LogP contribution is 2.76. The zero-order chi connectivity index (χ0) is 24.2. The molecule has 5 rings (SSSR count). The molecule has 0 saturated heterocycles. The minimum atomic E-state index is -0.516. The Kier molecular flexibility index (Phi) is 4.97. The second kappa shape index (κ2) is 6.88. The first-order chi connectivity index (χ1) is 15.1. The molecule has 5 aliphatic rings. The Bertz CT molecular complexity index is 872. The molecule has 1 N–H and O–H groups in total. The molecule has 3 nitrogen and oxygen atoms in total. The largest absolute Gasteiger partial charge is 0.481 e. The number of hydrogen-bond donors (Lipinski definition) is 1. The Balaban J connectivity index is 1.55. The van der Waals surface area contributed by atoms with E-state index in [0.29, 0.717) is 23.5 Å². The van der Waals surface area contributed by atoms with Crippen molar-refractivity contribution >= 4 is 11.8 Å². The van der Waals surface area contributed by atoms with Gasteiger partial charge in [0.2, 0.25) is 0 Å². The van der Waals surface area contributed by atoms with Crippen LogP contribution >= 0.6 is 0 Å². The van der Waals surface area contributed by atoms with Crippen LogP contribution in [-0.2, 0) is 9.59 Å². The molecule has 0 bridgehead atoms. The number of aliphatic carboxylic acids is 1. The highest BCUT2D eigenvalue weighted by molar-refractivity contribution is 5.85. The van der Waals surface area contributed by atoms with Crippen LogP contribution in [0.5, 0.6) is 0 Å². The van der Waals surface area contributed by atoms with Gasteiger partial charge in [0.1, 0.15) is 5.78 Å². The van der Waals surface area contributed by atoms with Gasteiger partial charge in [0.05, 0.1) is 5.41 Å². The first-order valence-electron chi connectivity index (χ1n) is 13.9. The van der Waals surface area contributed by atoms with Crippen molar-refractivity contribution in [3.8, 4) is 0 Å². The van der Waals surface area contributed by atoms with Crippen LogP contribution in [0.4, 0.5) is 0 Å². The molecule has 0 aromatic heterocycles. The fourth-order valence-corrected chi connectivity index (χ4v) is 11.4. The summed E-state index contributed by atoms with van der Waals surface area (Å²) in [4.78, 5) is 25.7. The first-order valence-corrected chi connectivity index (χ1v) is 13.9. The van der Waals surface area contributed by atoms with Crippen LogP contribution in [-0.4, -0.2) is 16.9 Å². The molecule has 5 aliphatic carbocycles. The Hall–Kier alpha value is -0.860. The summed E-state index contributed by atoms with van der Waals surface area (Å²) in [5, 5.41) is 10.5. The SMILES string of the molecule is CC1(C)CCC2(C(=O)O)CCC3C(C)(CCC4C5(C)CCC(=O)C(C)(C)C5CCC43C)C2C1. The van der Waals surface area contributed by atoms with Crippen molar-refractivity contribution < 1.29 is 14.7 Å². The van der Waals surface area contributed by atoms with Crippen molar-refractivity contribution in [1.29, 1.82) is 0 Å². The Labute approximate surface area is 201 Å². The van der Waals surface area contributed by atoms with E-state index in [4.69, 9.17) is 0 Å². The molecule has 3 heteroatoms. The van der Waals surface area contributed by atoms with Crippen molar-refractivity contribution in [3.63, 3.8) is 0 Å². The van der Waals surface area contributed by atoms with Gasteiger partial charge in [-0.3, -0.25) is 9.59 Å². The van der Waals surface area contributed by atoms with E-state index in [1.165, 1.54) is 19.3 Å². The summed E-state index contributed by atoms with van der Waals surface area (Å²) in [6, 6.07) is 0. The fourth-order valence-electron chi connectivity index (χ4n) is 11.4. The van der Waals surface area contributed by atoms with Gasteiger partial charge >= 0.3 is 5.97 Å². The number of ketones is 1. The van der Waals surface area contributed by atoms with Crippen molar-refractivity contribution in [1.82, 2.24) is 0 Å². The molecular weight excluding hydrogens is 408 g/mol. The maximum Gasteiger partial charge on any atom is 0.309 e. The third-order valence-electron chi connectivity index (χ3n) is 13.2. The lowest BCUT2D eigenvalue weighted by molar-refractivity contribution is -0.237. The van der Waals surface area contributed by atoms with Crippen LogP contribution in [0.15, 0.2) is 0 Å². The molecule has 0 aliphatic heterocycles. The van der Waals surface area contributed by atoms with Crippen molar-refractivity contribution in [3.05, 3.63) is 0 Å². The summed E-state index contributed by atoms with van der Waals surface area (Å²) in [7, 11) is 0. The molecule has 8 atom stereocenters. The van der Waals surface area contributed by atoms with E-state index in [0.717, 1.165) is 51.4 Å². The average Bonchev–Trinajstić information content (AvgIpc) is 2.70. The summed E-state index contributed by atoms with van der Waals surface area (Å²) in [5.41, 5.74) is 0.143. The van der Waals surface area contributed by atoms with Gasteiger partial charge in [-0.2, -0.15) is 0 Å². The number of hydrogen-bond acceptors (Lipinski definition) is 2. The molecule has 8 unspecified atom stereocenters. The van der Waals surface area contributed by atoms with E-state index in [1.807, 2.05) is 0 Å². The minimum Gasteiger partial charge on any atom is -0.481 e. The molecular formula is C30H48O3. The molecule has 5 saturated carbocycles. The average molecular weight is 457 g/mol. The maximum atomic E-state index is 12.9. The van der Waals surface area contributed by atoms with E-state index in [1.54, 1.807) is 0 Å². The summed E-state index contributed by atoms with van der Waals surface area (Å²) in [6.07, 6.45) is 11.5. The number of carbonyl (C=O) groups is 2. The number of Topliss-reactive ketones (excluding diaryl/α,β-unsaturated/α-hetero) is 1. The monoisotopic (exact) mass is 456 g/mol. The third-order valence-corrected chi connectivity index (χ3v) is 13.2. The van der Waals surface area contributed by atoms with Crippen molar-refractivity contribution in [2.45, 2.75) is 119 Å². The zero-order valence-corrected chi connectivity index (χ0v) is 22.4. The van der Waals surface area contributed by atoms with E-state index in [2.05, 4.69) is 48.5 Å². The maximum absolute atomic E-state index is 12.9. The number of carboxylic acid groups (broad SMARTS) is 1. The normalized spacial score (nSPS) is 52.6. The number of carbonyl (C=O) groups excluding carboxylic acids is 1. The molecule has 0 aromatic rings. The zero-order valence-electron chi connectivity index (χ0n) is 22.4. The summed E-state index contributed by atoms with van der Waals surface area (Å²) in [5.74, 6) is 2.00. The lowest BCUT2D eigenvalue weighted by Gasteiger charge is -2.72. The number of carboxylic acids is 1. The Morgan fingerprint density at radius 1 is 0.697 bits per heavy atom. The van der Waals surface area contributed by atoms with Gasteiger partial charge in [0, 0.05) is 11.8 Å². The van der Waals surface area contributed by atoms with E-state index in [-0.39, 0.29) is 33.0 Å². The van der Waals surface area contributed by atoms with E-state index >= 15 is 0 Å². The predicted molar refractivity (Wildman–Crippen MR) is 132 cm³/mol. The Morgan fingerprint density at radius 2 is 1.21 bits per heavy atom. The highest BCUT2D eigenvalue weighted by atomic mass is 16.4. The molecule has 5 fully saturated rings. The molecule has 33 heavy (non-hydrogen) atoms. The molecule has 186 valence electrons. The lowest BCUT2D eigenvalue weighted by Crippen LogP contribution is -2.66. The third kappa shape index (κ3) is 2.92. The Morgan fingerprint density at radius 3 is 1.82 bits per heavy atom. The summed E-state index contributed by atoms with van der Waals surface area (Å²) in [6.45, 7) is 16.8. The van der Waals surface area contributed by atoms with Gasteiger partial charge in [-0.25, -0.2) is 0 Å². The molecule has 0 aromatic carbocycles. The first kappa shape index (κ1) is 23.9. The van der Waals surface area contributed by atoms with Gasteiger partial charge in [-0.15, -0.1) is 0 Å². The molecule has 0 heterocycles. The van der Waals surface area contributed by atoms with Crippen LogP contribution in [0.1, 0.15) is 119 Å². The number of rotatable bonds is 1. The quantitative estimate of drug-likeness (QED) is 0.444. The topological polar surface area (TPSA) is 54.4 Å². The predicted octanol–water partition coefficient (Wildman–Crippen LogP) is 7.52. The van der Waals surface area contributed by atoms with Crippen LogP contribution in [0.2, 0.25) is 0 Å². The van der Waals surface area contributed by atoms with Crippen LogP contribution in [0.25, 0.3) is 0 Å². The molecule has 0 amide bonds. The second-order valence-corrected chi connectivity index (χ2v) is 15.3. The highest BCUT2D eigenvalue weighted by Gasteiger charge is 2.70. The lowest BCUT2D eigenvalue weighted by atomic mass is 9.32. The van der Waals surface area contributed by atoms with E-state index in [9.17, 15) is 14.7 Å². The van der Waals surface area contributed by atoms with Gasteiger partial charge in [0.25, 0.3) is 0 Å². The second-order valence-electron chi connectivity index (χ2n) is 15.3. The van der Waals surface area contributed by atoms with Crippen LogP contribution in [0.3, 0.4) is 0 Å². The number of fused-ring (bicyclic) bond motifs is 7. The van der Waals surface area contributed by atoms with Crippen LogP contribution < -0.4 is 0 Å². The van der Waals surface area contributed by atoms with E-state index < -0.39 is 11.4 Å².